The van der Waals surface area contributed by atoms with Crippen molar-refractivity contribution in [1.29, 1.82) is 0 Å². The third kappa shape index (κ3) is 4.07. The Hall–Kier alpha value is -2.34. The lowest BCUT2D eigenvalue weighted by Gasteiger charge is -2.33. The summed E-state index contributed by atoms with van der Waals surface area (Å²) in [5.41, 5.74) is 2.07. The average molecular weight is 399 g/mol. The van der Waals surface area contributed by atoms with E-state index in [1.165, 1.54) is 23.9 Å². The summed E-state index contributed by atoms with van der Waals surface area (Å²) in [7, 11) is 0. The number of amides is 2. The van der Waals surface area contributed by atoms with E-state index in [-0.39, 0.29) is 28.9 Å². The standard InChI is InChI=1S/C22H23FN2O2S/c23-17-10-8-15(9-11-17)13-20-21(26)24-18(14-28-20)22(27)25-12-4-7-19(25)16-5-2-1-3-6-16/h1-3,5-6,8-11,18-20H,4,7,12-14H2,(H,24,26)/t18-,19-,20+/m0/s1. The number of rotatable bonds is 4. The summed E-state index contributed by atoms with van der Waals surface area (Å²) >= 11 is 1.51. The molecule has 0 bridgehead atoms. The number of carbonyl (C=O) groups is 2. The Bertz CT molecular complexity index is 843. The first kappa shape index (κ1) is 19.0. The van der Waals surface area contributed by atoms with E-state index in [0.29, 0.717) is 12.2 Å². The summed E-state index contributed by atoms with van der Waals surface area (Å²) < 4.78 is 13.1. The topological polar surface area (TPSA) is 49.4 Å². The van der Waals surface area contributed by atoms with Crippen molar-refractivity contribution in [1.82, 2.24) is 10.2 Å². The van der Waals surface area contributed by atoms with Crippen molar-refractivity contribution < 1.29 is 14.0 Å². The second-order valence-electron chi connectivity index (χ2n) is 7.31. The maximum absolute atomic E-state index is 13.1. The van der Waals surface area contributed by atoms with Gasteiger partial charge in [-0.05, 0) is 42.5 Å². The number of benzene rings is 2. The number of hydrogen-bond acceptors (Lipinski definition) is 3. The SMILES string of the molecule is O=C1N[C@H](C(=O)N2CCC[C@H]2c2ccccc2)CS[C@@H]1Cc1ccc(F)cc1. The van der Waals surface area contributed by atoms with Crippen LogP contribution in [0.25, 0.3) is 0 Å². The highest BCUT2D eigenvalue weighted by Gasteiger charge is 2.38. The van der Waals surface area contributed by atoms with Gasteiger partial charge in [0.25, 0.3) is 0 Å². The lowest BCUT2D eigenvalue weighted by atomic mass is 10.0. The van der Waals surface area contributed by atoms with Crippen LogP contribution in [0.2, 0.25) is 0 Å². The van der Waals surface area contributed by atoms with Crippen molar-refractivity contribution in [2.75, 3.05) is 12.3 Å². The molecule has 2 saturated heterocycles. The zero-order chi connectivity index (χ0) is 19.5. The highest BCUT2D eigenvalue weighted by Crippen LogP contribution is 2.33. The third-order valence-electron chi connectivity index (χ3n) is 5.43. The highest BCUT2D eigenvalue weighted by molar-refractivity contribution is 8.00. The van der Waals surface area contributed by atoms with E-state index in [4.69, 9.17) is 0 Å². The maximum Gasteiger partial charge on any atom is 0.246 e. The fourth-order valence-electron chi connectivity index (χ4n) is 3.97. The van der Waals surface area contributed by atoms with Crippen molar-refractivity contribution in [3.8, 4) is 0 Å². The van der Waals surface area contributed by atoms with Crippen LogP contribution in [0.4, 0.5) is 4.39 Å². The maximum atomic E-state index is 13.1. The summed E-state index contributed by atoms with van der Waals surface area (Å²) in [6, 6.07) is 15.9. The molecule has 6 heteroatoms. The lowest BCUT2D eigenvalue weighted by Crippen LogP contribution is -2.55. The molecule has 0 saturated carbocycles. The minimum absolute atomic E-state index is 0.00688. The minimum Gasteiger partial charge on any atom is -0.343 e. The van der Waals surface area contributed by atoms with Crippen LogP contribution in [0.1, 0.15) is 30.0 Å². The van der Waals surface area contributed by atoms with Gasteiger partial charge in [-0.1, -0.05) is 42.5 Å². The van der Waals surface area contributed by atoms with Gasteiger partial charge in [0, 0.05) is 12.3 Å². The third-order valence-corrected chi connectivity index (χ3v) is 6.73. The quantitative estimate of drug-likeness (QED) is 0.860. The Labute approximate surface area is 168 Å². The number of likely N-dealkylation sites (tertiary alicyclic amines) is 1. The zero-order valence-corrected chi connectivity index (χ0v) is 16.3. The summed E-state index contributed by atoms with van der Waals surface area (Å²) in [5.74, 6) is 0.171. The molecule has 2 aliphatic heterocycles. The Morgan fingerprint density at radius 1 is 1.14 bits per heavy atom. The summed E-state index contributed by atoms with van der Waals surface area (Å²) in [4.78, 5) is 27.6. The smallest absolute Gasteiger partial charge is 0.246 e. The molecule has 0 aliphatic carbocycles. The molecule has 2 aromatic rings. The molecule has 2 heterocycles. The molecule has 0 aromatic heterocycles. The lowest BCUT2D eigenvalue weighted by molar-refractivity contribution is -0.136. The fraction of sp³-hybridized carbons (Fsp3) is 0.364. The molecule has 4 nitrogen and oxygen atoms in total. The molecule has 2 aliphatic rings. The van der Waals surface area contributed by atoms with Gasteiger partial charge >= 0.3 is 0 Å². The highest BCUT2D eigenvalue weighted by atomic mass is 32.2. The van der Waals surface area contributed by atoms with Crippen LogP contribution in [0.3, 0.4) is 0 Å². The van der Waals surface area contributed by atoms with Gasteiger partial charge in [0.2, 0.25) is 11.8 Å². The van der Waals surface area contributed by atoms with E-state index in [9.17, 15) is 14.0 Å². The van der Waals surface area contributed by atoms with Crippen LogP contribution < -0.4 is 5.32 Å². The summed E-state index contributed by atoms with van der Waals surface area (Å²) in [6.45, 7) is 0.731. The molecule has 0 spiro atoms. The van der Waals surface area contributed by atoms with E-state index in [1.54, 1.807) is 12.1 Å². The van der Waals surface area contributed by atoms with E-state index in [1.807, 2.05) is 23.1 Å². The normalized spacial score (nSPS) is 24.8. The molecule has 0 unspecified atom stereocenters. The van der Waals surface area contributed by atoms with Gasteiger partial charge in [-0.2, -0.15) is 0 Å². The largest absolute Gasteiger partial charge is 0.343 e. The van der Waals surface area contributed by atoms with Crippen molar-refractivity contribution in [3.63, 3.8) is 0 Å². The molecular weight excluding hydrogens is 375 g/mol. The Kier molecular flexibility index (Phi) is 5.67. The molecule has 28 heavy (non-hydrogen) atoms. The van der Waals surface area contributed by atoms with Gasteiger partial charge in [-0.3, -0.25) is 9.59 Å². The summed E-state index contributed by atoms with van der Waals surface area (Å²) in [5, 5.41) is 2.67. The van der Waals surface area contributed by atoms with Crippen molar-refractivity contribution >= 4 is 23.6 Å². The first-order chi connectivity index (χ1) is 13.6. The van der Waals surface area contributed by atoms with Gasteiger partial charge in [0.05, 0.1) is 11.3 Å². The molecule has 2 fully saturated rings. The molecule has 4 rings (SSSR count). The average Bonchev–Trinajstić information content (AvgIpc) is 3.21. The number of halogens is 1. The molecule has 0 radical (unpaired) electrons. The van der Waals surface area contributed by atoms with Crippen molar-refractivity contribution in [2.24, 2.45) is 0 Å². The molecular formula is C22H23FN2O2S. The van der Waals surface area contributed by atoms with Crippen LogP contribution in [0, 0.1) is 5.82 Å². The van der Waals surface area contributed by atoms with Crippen LogP contribution in [0.15, 0.2) is 54.6 Å². The van der Waals surface area contributed by atoms with E-state index in [0.717, 1.165) is 30.5 Å². The van der Waals surface area contributed by atoms with Crippen LogP contribution in [-0.2, 0) is 16.0 Å². The predicted octanol–water partition coefficient (Wildman–Crippen LogP) is 3.33. The van der Waals surface area contributed by atoms with E-state index in [2.05, 4.69) is 17.4 Å². The number of hydrogen-bond donors (Lipinski definition) is 1. The zero-order valence-electron chi connectivity index (χ0n) is 15.5. The van der Waals surface area contributed by atoms with Gasteiger partial charge in [0.15, 0.2) is 0 Å². The number of nitrogens with one attached hydrogen (secondary N) is 1. The monoisotopic (exact) mass is 398 g/mol. The van der Waals surface area contributed by atoms with Gasteiger partial charge < -0.3 is 10.2 Å². The van der Waals surface area contributed by atoms with Crippen LogP contribution >= 0.6 is 11.8 Å². The van der Waals surface area contributed by atoms with E-state index >= 15 is 0 Å². The first-order valence-corrected chi connectivity index (χ1v) is 10.7. The minimum atomic E-state index is -0.480. The second kappa shape index (κ2) is 8.35. The molecule has 1 N–H and O–H groups in total. The Morgan fingerprint density at radius 3 is 2.61 bits per heavy atom. The van der Waals surface area contributed by atoms with Gasteiger partial charge in [0.1, 0.15) is 11.9 Å². The van der Waals surface area contributed by atoms with Gasteiger partial charge in [-0.25, -0.2) is 4.39 Å². The Balaban J connectivity index is 1.39. The fourth-order valence-corrected chi connectivity index (χ4v) is 5.15. The van der Waals surface area contributed by atoms with E-state index < -0.39 is 6.04 Å². The molecule has 2 amide bonds. The van der Waals surface area contributed by atoms with Crippen LogP contribution in [0.5, 0.6) is 0 Å². The summed E-state index contributed by atoms with van der Waals surface area (Å²) in [6.07, 6.45) is 2.47. The van der Waals surface area contributed by atoms with Gasteiger partial charge in [-0.15, -0.1) is 11.8 Å². The first-order valence-electron chi connectivity index (χ1n) is 9.63. The second-order valence-corrected chi connectivity index (χ2v) is 8.55. The number of thioether (sulfide) groups is 1. The van der Waals surface area contributed by atoms with Crippen molar-refractivity contribution in [2.45, 2.75) is 36.6 Å². The number of nitrogens with zero attached hydrogens (tertiary/aromatic N) is 1. The molecule has 2 aromatic carbocycles. The number of carbonyl (C=O) groups excluding carboxylic acids is 2. The van der Waals surface area contributed by atoms with Crippen LogP contribution in [-0.4, -0.2) is 40.3 Å². The van der Waals surface area contributed by atoms with Crippen molar-refractivity contribution in [3.05, 3.63) is 71.5 Å². The Morgan fingerprint density at radius 2 is 1.89 bits per heavy atom. The molecule has 146 valence electrons. The molecule has 3 atom stereocenters. The predicted molar refractivity (Wildman–Crippen MR) is 108 cm³/mol.